The molecule has 2 rings (SSSR count). The van der Waals surface area contributed by atoms with Crippen LogP contribution < -0.4 is 10.5 Å². The van der Waals surface area contributed by atoms with Gasteiger partial charge in [0.05, 0.1) is 12.0 Å². The van der Waals surface area contributed by atoms with Gasteiger partial charge in [-0.15, -0.1) is 11.3 Å². The second kappa shape index (κ2) is 4.84. The van der Waals surface area contributed by atoms with E-state index in [1.54, 1.807) is 13.2 Å². The van der Waals surface area contributed by atoms with E-state index in [0.29, 0.717) is 12.5 Å². The molecule has 4 nitrogen and oxygen atoms in total. The Kier molecular flexibility index (Phi) is 3.46. The molecule has 1 amide bonds. The molecule has 2 N–H and O–H groups in total. The fourth-order valence-corrected chi connectivity index (χ4v) is 2.72. The van der Waals surface area contributed by atoms with Crippen LogP contribution in [0.5, 0.6) is 5.75 Å². The predicted molar refractivity (Wildman–Crippen MR) is 63.9 cm³/mol. The molecule has 0 saturated carbocycles. The lowest BCUT2D eigenvalue weighted by Gasteiger charge is -2.14. The summed E-state index contributed by atoms with van der Waals surface area (Å²) in [5.41, 5.74) is 5.61. The lowest BCUT2D eigenvalue weighted by atomic mass is 10.1. The molecule has 5 heteroatoms. The van der Waals surface area contributed by atoms with Crippen LogP contribution in [0, 0.1) is 5.92 Å². The molecular formula is C11H16N2O2S. The molecule has 1 unspecified atom stereocenters. The number of nitrogens with two attached hydrogens (primary N) is 1. The van der Waals surface area contributed by atoms with E-state index in [1.165, 1.54) is 11.3 Å². The molecule has 1 atom stereocenters. The van der Waals surface area contributed by atoms with E-state index in [0.717, 1.165) is 30.1 Å². The fraction of sp³-hybridized carbons (Fsp3) is 0.545. The molecule has 0 bridgehead atoms. The first-order valence-electron chi connectivity index (χ1n) is 5.36. The molecule has 1 aromatic heterocycles. The summed E-state index contributed by atoms with van der Waals surface area (Å²) in [7, 11) is 1.61. The van der Waals surface area contributed by atoms with E-state index in [1.807, 2.05) is 10.3 Å². The first-order chi connectivity index (χ1) is 7.74. The van der Waals surface area contributed by atoms with Gasteiger partial charge >= 0.3 is 0 Å². The van der Waals surface area contributed by atoms with Crippen LogP contribution in [0.1, 0.15) is 16.1 Å². The number of ether oxygens (including phenoxy) is 1. The molecule has 2 heterocycles. The molecule has 0 aliphatic carbocycles. The number of likely N-dealkylation sites (tertiary alicyclic amines) is 1. The quantitative estimate of drug-likeness (QED) is 0.863. The minimum Gasteiger partial charge on any atom is -0.496 e. The second-order valence-corrected chi connectivity index (χ2v) is 4.90. The summed E-state index contributed by atoms with van der Waals surface area (Å²) in [6.45, 7) is 2.27. The largest absolute Gasteiger partial charge is 0.496 e. The predicted octanol–water partition coefficient (Wildman–Crippen LogP) is 1.18. The van der Waals surface area contributed by atoms with E-state index in [2.05, 4.69) is 0 Å². The van der Waals surface area contributed by atoms with Gasteiger partial charge in [-0.25, -0.2) is 0 Å². The lowest BCUT2D eigenvalue weighted by Crippen LogP contribution is -2.29. The highest BCUT2D eigenvalue weighted by Crippen LogP contribution is 2.25. The Bertz CT molecular complexity index is 378. The Hall–Kier alpha value is -1.07. The zero-order valence-corrected chi connectivity index (χ0v) is 10.1. The van der Waals surface area contributed by atoms with Crippen molar-refractivity contribution >= 4 is 17.2 Å². The molecule has 0 spiro atoms. The summed E-state index contributed by atoms with van der Waals surface area (Å²) in [6, 6.07) is 1.79. The van der Waals surface area contributed by atoms with Crippen LogP contribution in [0.2, 0.25) is 0 Å². The Morgan fingerprint density at radius 1 is 1.75 bits per heavy atom. The minimum atomic E-state index is 0.101. The number of amides is 1. The summed E-state index contributed by atoms with van der Waals surface area (Å²) in [5, 5.41) is 1.85. The number of hydrogen-bond donors (Lipinski definition) is 1. The molecular weight excluding hydrogens is 224 g/mol. The Labute approximate surface area is 99.0 Å². The maximum absolute atomic E-state index is 12.1. The monoisotopic (exact) mass is 240 g/mol. The maximum atomic E-state index is 12.1. The van der Waals surface area contributed by atoms with Crippen LogP contribution in [0.3, 0.4) is 0 Å². The number of thiophene rings is 1. The van der Waals surface area contributed by atoms with E-state index < -0.39 is 0 Å². The van der Waals surface area contributed by atoms with Gasteiger partial charge in [0.15, 0.2) is 0 Å². The summed E-state index contributed by atoms with van der Waals surface area (Å²) < 4.78 is 5.07. The smallest absolute Gasteiger partial charge is 0.264 e. The summed E-state index contributed by atoms with van der Waals surface area (Å²) in [6.07, 6.45) is 1.02. The zero-order valence-electron chi connectivity index (χ0n) is 9.31. The van der Waals surface area contributed by atoms with E-state index >= 15 is 0 Å². The van der Waals surface area contributed by atoms with Gasteiger partial charge in [0, 0.05) is 24.5 Å². The van der Waals surface area contributed by atoms with E-state index in [4.69, 9.17) is 10.5 Å². The Morgan fingerprint density at radius 3 is 3.12 bits per heavy atom. The van der Waals surface area contributed by atoms with Crippen molar-refractivity contribution in [2.24, 2.45) is 11.7 Å². The molecule has 0 aromatic carbocycles. The molecule has 88 valence electrons. The average molecular weight is 240 g/mol. The highest BCUT2D eigenvalue weighted by molar-refractivity contribution is 7.12. The van der Waals surface area contributed by atoms with Crippen LogP contribution in [-0.4, -0.2) is 37.6 Å². The van der Waals surface area contributed by atoms with Crippen LogP contribution in [-0.2, 0) is 0 Å². The Morgan fingerprint density at radius 2 is 2.56 bits per heavy atom. The fourth-order valence-electron chi connectivity index (χ4n) is 1.90. The maximum Gasteiger partial charge on any atom is 0.264 e. The summed E-state index contributed by atoms with van der Waals surface area (Å²) >= 11 is 1.43. The van der Waals surface area contributed by atoms with Crippen molar-refractivity contribution in [3.05, 3.63) is 16.3 Å². The van der Waals surface area contributed by atoms with Crippen LogP contribution in [0.15, 0.2) is 11.4 Å². The standard InChI is InChI=1S/C11H16N2O2S/c1-15-9-4-10(16-7-9)11(14)13-3-2-8(5-12)6-13/h4,7-8H,2-3,5-6,12H2,1H3. The van der Waals surface area contributed by atoms with Crippen LogP contribution in [0.4, 0.5) is 0 Å². The SMILES string of the molecule is COc1csc(C(=O)N2CCC(CN)C2)c1. The van der Waals surface area contributed by atoms with Crippen molar-refractivity contribution in [2.45, 2.75) is 6.42 Å². The number of hydrogen-bond acceptors (Lipinski definition) is 4. The molecule has 1 fully saturated rings. The number of nitrogens with zero attached hydrogens (tertiary/aromatic N) is 1. The van der Waals surface area contributed by atoms with E-state index in [-0.39, 0.29) is 5.91 Å². The molecule has 0 radical (unpaired) electrons. The third kappa shape index (κ3) is 2.20. The highest BCUT2D eigenvalue weighted by Gasteiger charge is 2.26. The topological polar surface area (TPSA) is 55.6 Å². The van der Waals surface area contributed by atoms with Gasteiger partial charge in [-0.2, -0.15) is 0 Å². The molecule has 1 saturated heterocycles. The van der Waals surface area contributed by atoms with Gasteiger partial charge in [0.2, 0.25) is 0 Å². The Balaban J connectivity index is 2.02. The third-order valence-corrected chi connectivity index (χ3v) is 3.82. The van der Waals surface area contributed by atoms with Crippen molar-refractivity contribution < 1.29 is 9.53 Å². The third-order valence-electron chi connectivity index (χ3n) is 2.93. The number of rotatable bonds is 3. The van der Waals surface area contributed by atoms with Gasteiger partial charge in [-0.05, 0) is 18.9 Å². The number of methoxy groups -OCH3 is 1. The first-order valence-corrected chi connectivity index (χ1v) is 6.24. The summed E-state index contributed by atoms with van der Waals surface area (Å²) in [4.78, 5) is 14.7. The van der Waals surface area contributed by atoms with Crippen molar-refractivity contribution in [2.75, 3.05) is 26.7 Å². The van der Waals surface area contributed by atoms with Crippen molar-refractivity contribution in [3.63, 3.8) is 0 Å². The lowest BCUT2D eigenvalue weighted by molar-refractivity contribution is 0.0792. The molecule has 1 aromatic rings. The molecule has 1 aliphatic heterocycles. The van der Waals surface area contributed by atoms with E-state index in [9.17, 15) is 4.79 Å². The highest BCUT2D eigenvalue weighted by atomic mass is 32.1. The minimum absolute atomic E-state index is 0.101. The van der Waals surface area contributed by atoms with Crippen molar-refractivity contribution in [1.82, 2.24) is 4.90 Å². The van der Waals surface area contributed by atoms with Gasteiger partial charge in [-0.3, -0.25) is 4.79 Å². The van der Waals surface area contributed by atoms with Crippen molar-refractivity contribution in [1.29, 1.82) is 0 Å². The van der Waals surface area contributed by atoms with Crippen molar-refractivity contribution in [3.8, 4) is 5.75 Å². The second-order valence-electron chi connectivity index (χ2n) is 3.99. The van der Waals surface area contributed by atoms with Gasteiger partial charge in [-0.1, -0.05) is 0 Å². The average Bonchev–Trinajstić information content (AvgIpc) is 2.97. The molecule has 16 heavy (non-hydrogen) atoms. The van der Waals surface area contributed by atoms with Crippen LogP contribution >= 0.6 is 11.3 Å². The molecule has 1 aliphatic rings. The normalized spacial score (nSPS) is 20.1. The zero-order chi connectivity index (χ0) is 11.5. The van der Waals surface area contributed by atoms with Gasteiger partial charge in [0.1, 0.15) is 5.75 Å². The first kappa shape index (κ1) is 11.4. The van der Waals surface area contributed by atoms with Gasteiger partial charge < -0.3 is 15.4 Å². The van der Waals surface area contributed by atoms with Crippen LogP contribution in [0.25, 0.3) is 0 Å². The van der Waals surface area contributed by atoms with Gasteiger partial charge in [0.25, 0.3) is 5.91 Å². The number of carbonyl (C=O) groups excluding carboxylic acids is 1. The number of carbonyl (C=O) groups is 1. The summed E-state index contributed by atoms with van der Waals surface area (Å²) in [5.74, 6) is 1.32.